The minimum absolute atomic E-state index is 0.0826. The van der Waals surface area contributed by atoms with Crippen molar-refractivity contribution >= 4 is 17.6 Å². The zero-order valence-electron chi connectivity index (χ0n) is 23.7. The Morgan fingerprint density at radius 2 is 1.69 bits per heavy atom. The molecule has 8 heteroatoms. The van der Waals surface area contributed by atoms with E-state index >= 15 is 0 Å². The van der Waals surface area contributed by atoms with Gasteiger partial charge >= 0.3 is 5.97 Å². The van der Waals surface area contributed by atoms with Crippen molar-refractivity contribution in [2.24, 2.45) is 52.1 Å². The van der Waals surface area contributed by atoms with Gasteiger partial charge in [-0.3, -0.25) is 9.59 Å². The summed E-state index contributed by atoms with van der Waals surface area (Å²) < 4.78 is 0. The number of rotatable bonds is 5. The third-order valence-electron chi connectivity index (χ3n) is 11.5. The number of anilines is 1. The molecule has 8 N–H and O–H groups in total. The summed E-state index contributed by atoms with van der Waals surface area (Å²) in [6, 6.07) is 4.16. The number of aliphatic hydroxyl groups is 2. The molecule has 218 valence electrons. The van der Waals surface area contributed by atoms with E-state index in [1.54, 1.807) is 0 Å². The van der Waals surface area contributed by atoms with Gasteiger partial charge in [0, 0.05) is 18.2 Å². The zero-order chi connectivity index (χ0) is 28.7. The maximum atomic E-state index is 11.2. The highest BCUT2D eigenvalue weighted by Gasteiger charge is 2.62. The number of carbonyl (C=O) groups is 2. The Morgan fingerprint density at radius 3 is 2.33 bits per heavy atom. The molecule has 0 spiro atoms. The third-order valence-corrected chi connectivity index (χ3v) is 11.5. The molecule has 0 aromatic heterocycles. The van der Waals surface area contributed by atoms with Gasteiger partial charge in [0.15, 0.2) is 0 Å². The lowest BCUT2D eigenvalue weighted by Gasteiger charge is -2.62. The number of fused-ring (bicyclic) bond motifs is 5. The van der Waals surface area contributed by atoms with Crippen molar-refractivity contribution in [1.82, 2.24) is 0 Å². The molecule has 1 amide bonds. The lowest BCUT2D eigenvalue weighted by molar-refractivity contribution is -0.174. The average molecular weight is 545 g/mol. The van der Waals surface area contributed by atoms with E-state index in [1.165, 1.54) is 43.9 Å². The summed E-state index contributed by atoms with van der Waals surface area (Å²) in [6.45, 7) is 7.16. The van der Waals surface area contributed by atoms with E-state index in [-0.39, 0.29) is 40.8 Å². The Kier molecular flexibility index (Phi) is 8.58. The van der Waals surface area contributed by atoms with Crippen molar-refractivity contribution in [1.29, 1.82) is 0 Å². The van der Waals surface area contributed by atoms with Gasteiger partial charge in [0.25, 0.3) is 5.91 Å². The minimum Gasteiger partial charge on any atom is -0.507 e. The number of hydrogen-bond acceptors (Lipinski definition) is 6. The number of phenols is 1. The maximum absolute atomic E-state index is 11.2. The summed E-state index contributed by atoms with van der Waals surface area (Å²) in [5.41, 5.74) is 11.2. The van der Waals surface area contributed by atoms with E-state index in [4.69, 9.17) is 21.7 Å². The predicted molar refractivity (Wildman–Crippen MR) is 150 cm³/mol. The molecule has 0 bridgehead atoms. The van der Waals surface area contributed by atoms with Gasteiger partial charge in [-0.15, -0.1) is 0 Å². The number of hydrogen-bond donors (Lipinski definition) is 6. The largest absolute Gasteiger partial charge is 0.507 e. The second-order valence-corrected chi connectivity index (χ2v) is 13.5. The fourth-order valence-electron chi connectivity index (χ4n) is 9.48. The number of carboxylic acid groups (broad SMARTS) is 1. The molecule has 1 unspecified atom stereocenters. The first-order valence-electron chi connectivity index (χ1n) is 14.7. The van der Waals surface area contributed by atoms with Gasteiger partial charge in [-0.05, 0) is 116 Å². The Labute approximate surface area is 232 Å². The van der Waals surface area contributed by atoms with Crippen LogP contribution in [0.1, 0.15) is 95.3 Å². The molecule has 10 atom stereocenters. The fraction of sp³-hybridized carbons (Fsp3) is 0.742. The number of aliphatic carboxylic acids is 1. The van der Waals surface area contributed by atoms with Crippen LogP contribution in [0.3, 0.4) is 0 Å². The zero-order valence-corrected chi connectivity index (χ0v) is 23.7. The number of aromatic hydroxyl groups is 1. The summed E-state index contributed by atoms with van der Waals surface area (Å²) in [5.74, 6) is 1.51. The fourth-order valence-corrected chi connectivity index (χ4v) is 9.48. The van der Waals surface area contributed by atoms with Crippen molar-refractivity contribution in [2.75, 3.05) is 5.73 Å². The Hall–Kier alpha value is -2.32. The van der Waals surface area contributed by atoms with Crippen molar-refractivity contribution in [3.05, 3.63) is 23.8 Å². The SMILES string of the molecule is C[C@H](CCC(=O)O)[C@H]1CC[C@H]2[C@@H]3[C@@H](O)CC4C[C@@H](O)CC[C@]4(C)[C@H]3CC[C@]12C.NC(=O)c1ccc(N)cc1O. The quantitative estimate of drug-likeness (QED) is 0.296. The summed E-state index contributed by atoms with van der Waals surface area (Å²) in [7, 11) is 0. The average Bonchev–Trinajstić information content (AvgIpc) is 3.21. The first kappa shape index (κ1) is 29.7. The standard InChI is InChI=1S/C24H40O4.C7H8N2O2/c1-14(4-7-21(27)28)17-5-6-18-22-19(9-11-24(17,18)3)23(2)10-8-16(25)12-15(23)13-20(22)26;8-4-1-2-5(7(9)11)6(10)3-4/h14-20,22,25-26H,4-13H2,1-3H3,(H,27,28);1-3,10H,8H2,(H2,9,11)/t14-,15?,16+,17-,18+,19+,20+,22+,23+,24-;/m1./s1. The van der Waals surface area contributed by atoms with Crippen LogP contribution in [0, 0.1) is 46.3 Å². The van der Waals surface area contributed by atoms with Crippen LogP contribution < -0.4 is 11.5 Å². The second-order valence-electron chi connectivity index (χ2n) is 13.5. The Morgan fingerprint density at radius 1 is 1.03 bits per heavy atom. The number of primary amides is 1. The summed E-state index contributed by atoms with van der Waals surface area (Å²) in [6.07, 6.45) is 9.19. The summed E-state index contributed by atoms with van der Waals surface area (Å²) in [5, 5.41) is 39.6. The highest BCUT2D eigenvalue weighted by atomic mass is 16.4. The molecule has 4 saturated carbocycles. The molecule has 39 heavy (non-hydrogen) atoms. The Balaban J connectivity index is 0.000000270. The molecule has 4 aliphatic carbocycles. The highest BCUT2D eigenvalue weighted by Crippen LogP contribution is 2.68. The number of nitrogen functional groups attached to an aromatic ring is 1. The summed E-state index contributed by atoms with van der Waals surface area (Å²) in [4.78, 5) is 21.6. The Bertz CT molecular complexity index is 1060. The number of amides is 1. The van der Waals surface area contributed by atoms with Crippen LogP contribution in [0.25, 0.3) is 0 Å². The van der Waals surface area contributed by atoms with Gasteiger partial charge in [0.1, 0.15) is 5.75 Å². The molecule has 1 aromatic carbocycles. The minimum atomic E-state index is -0.684. The van der Waals surface area contributed by atoms with Crippen LogP contribution in [0.4, 0.5) is 5.69 Å². The van der Waals surface area contributed by atoms with Crippen LogP contribution in [-0.4, -0.2) is 44.5 Å². The molecule has 1 aromatic rings. The van der Waals surface area contributed by atoms with Crippen LogP contribution in [-0.2, 0) is 4.79 Å². The van der Waals surface area contributed by atoms with E-state index < -0.39 is 11.9 Å². The molecule has 4 fully saturated rings. The first-order valence-corrected chi connectivity index (χ1v) is 14.7. The normalized spacial score (nSPS) is 39.8. The smallest absolute Gasteiger partial charge is 0.303 e. The maximum Gasteiger partial charge on any atom is 0.303 e. The monoisotopic (exact) mass is 544 g/mol. The van der Waals surface area contributed by atoms with Crippen molar-refractivity contribution in [3.8, 4) is 5.75 Å². The molecule has 4 aliphatic rings. The van der Waals surface area contributed by atoms with Gasteiger partial charge in [-0.2, -0.15) is 0 Å². The molecule has 0 aliphatic heterocycles. The topological polar surface area (TPSA) is 167 Å². The molecule has 0 saturated heterocycles. The van der Waals surface area contributed by atoms with Crippen LogP contribution in [0.15, 0.2) is 18.2 Å². The molecule has 5 rings (SSSR count). The van der Waals surface area contributed by atoms with E-state index in [2.05, 4.69) is 20.8 Å². The number of benzene rings is 1. The predicted octanol–water partition coefficient (Wildman–Crippen LogP) is 4.55. The van der Waals surface area contributed by atoms with Gasteiger partial charge in [0.05, 0.1) is 17.8 Å². The van der Waals surface area contributed by atoms with Crippen LogP contribution in [0.2, 0.25) is 0 Å². The lowest BCUT2D eigenvalue weighted by Crippen LogP contribution is -2.58. The van der Waals surface area contributed by atoms with Gasteiger partial charge in [-0.25, -0.2) is 0 Å². The van der Waals surface area contributed by atoms with E-state index in [1.807, 2.05) is 0 Å². The number of carboxylic acids is 1. The van der Waals surface area contributed by atoms with Crippen LogP contribution in [0.5, 0.6) is 5.75 Å². The molecular formula is C31H48N2O6. The van der Waals surface area contributed by atoms with Crippen LogP contribution >= 0.6 is 0 Å². The van der Waals surface area contributed by atoms with Crippen molar-refractivity contribution in [2.45, 2.75) is 97.2 Å². The van der Waals surface area contributed by atoms with Gasteiger partial charge < -0.3 is 31.9 Å². The third kappa shape index (κ3) is 5.64. The second kappa shape index (κ2) is 11.3. The van der Waals surface area contributed by atoms with Crippen molar-refractivity contribution < 1.29 is 30.0 Å². The molecule has 0 radical (unpaired) electrons. The van der Waals surface area contributed by atoms with E-state index in [0.29, 0.717) is 41.2 Å². The number of aliphatic hydroxyl groups excluding tert-OH is 2. The highest BCUT2D eigenvalue weighted by molar-refractivity contribution is 5.95. The summed E-state index contributed by atoms with van der Waals surface area (Å²) >= 11 is 0. The van der Waals surface area contributed by atoms with Crippen molar-refractivity contribution in [3.63, 3.8) is 0 Å². The van der Waals surface area contributed by atoms with Gasteiger partial charge in [0.2, 0.25) is 0 Å². The van der Waals surface area contributed by atoms with Gasteiger partial charge in [-0.1, -0.05) is 20.8 Å². The van der Waals surface area contributed by atoms with E-state index in [9.17, 15) is 19.8 Å². The molecule has 8 nitrogen and oxygen atoms in total. The van der Waals surface area contributed by atoms with E-state index in [0.717, 1.165) is 32.1 Å². The number of nitrogens with two attached hydrogens (primary N) is 2. The molecular weight excluding hydrogens is 496 g/mol. The lowest BCUT2D eigenvalue weighted by atomic mass is 9.43. The first-order chi connectivity index (χ1) is 18.3. The molecule has 0 heterocycles. The number of carbonyl (C=O) groups excluding carboxylic acids is 1.